The maximum absolute atomic E-state index is 12.3. The zero-order chi connectivity index (χ0) is 16.2. The van der Waals surface area contributed by atoms with Crippen molar-refractivity contribution in [2.75, 3.05) is 6.61 Å². The SMILES string of the molecule is O=C(CCc1cccc(Cl)c1Cl)NC1CCOc2ccccc21. The van der Waals surface area contributed by atoms with Crippen LogP contribution in [-0.2, 0) is 11.2 Å². The van der Waals surface area contributed by atoms with Crippen molar-refractivity contribution in [1.82, 2.24) is 5.32 Å². The number of carbonyl (C=O) groups excluding carboxylic acids is 1. The van der Waals surface area contributed by atoms with E-state index in [1.165, 1.54) is 0 Å². The van der Waals surface area contributed by atoms with E-state index < -0.39 is 0 Å². The number of rotatable bonds is 4. The third-order valence-corrected chi connectivity index (χ3v) is 4.80. The van der Waals surface area contributed by atoms with Gasteiger partial charge in [0.05, 0.1) is 22.7 Å². The Bertz CT molecular complexity index is 718. The average Bonchev–Trinajstić information content (AvgIpc) is 2.56. The fourth-order valence-corrected chi connectivity index (χ4v) is 3.16. The smallest absolute Gasteiger partial charge is 0.220 e. The van der Waals surface area contributed by atoms with Crippen LogP contribution in [0.1, 0.15) is 30.0 Å². The molecule has 0 radical (unpaired) electrons. The van der Waals surface area contributed by atoms with Gasteiger partial charge in [-0.2, -0.15) is 0 Å². The Hall–Kier alpha value is -1.71. The van der Waals surface area contributed by atoms with Crippen molar-refractivity contribution in [1.29, 1.82) is 0 Å². The summed E-state index contributed by atoms with van der Waals surface area (Å²) in [4.78, 5) is 12.3. The van der Waals surface area contributed by atoms with Crippen molar-refractivity contribution < 1.29 is 9.53 Å². The number of para-hydroxylation sites is 1. The Kier molecular flexibility index (Phi) is 5.09. The largest absolute Gasteiger partial charge is 0.493 e. The molecule has 5 heteroatoms. The summed E-state index contributed by atoms with van der Waals surface area (Å²) >= 11 is 12.1. The molecule has 0 bridgehead atoms. The molecule has 0 aromatic heterocycles. The number of nitrogens with one attached hydrogen (secondary N) is 1. The minimum absolute atomic E-state index is 0.00211. The highest BCUT2D eigenvalue weighted by molar-refractivity contribution is 6.42. The minimum atomic E-state index is 0.00211. The van der Waals surface area contributed by atoms with E-state index in [2.05, 4.69) is 5.32 Å². The maximum atomic E-state index is 12.3. The zero-order valence-electron chi connectivity index (χ0n) is 12.5. The Labute approximate surface area is 145 Å². The van der Waals surface area contributed by atoms with Crippen LogP contribution in [0.2, 0.25) is 10.0 Å². The number of amides is 1. The van der Waals surface area contributed by atoms with E-state index in [1.54, 1.807) is 6.07 Å². The highest BCUT2D eigenvalue weighted by Crippen LogP contribution is 2.31. The lowest BCUT2D eigenvalue weighted by atomic mass is 10.00. The van der Waals surface area contributed by atoms with Gasteiger partial charge in [-0.3, -0.25) is 4.79 Å². The number of carbonyl (C=O) groups is 1. The molecule has 0 saturated heterocycles. The molecule has 120 valence electrons. The first-order valence-electron chi connectivity index (χ1n) is 7.59. The van der Waals surface area contributed by atoms with Crippen LogP contribution in [0.3, 0.4) is 0 Å². The first-order chi connectivity index (χ1) is 11.1. The molecule has 1 N–H and O–H groups in total. The summed E-state index contributed by atoms with van der Waals surface area (Å²) in [5, 5.41) is 4.13. The number of aryl methyl sites for hydroxylation is 1. The number of benzene rings is 2. The summed E-state index contributed by atoms with van der Waals surface area (Å²) in [5.41, 5.74) is 1.93. The van der Waals surface area contributed by atoms with Gasteiger partial charge in [0.25, 0.3) is 0 Å². The monoisotopic (exact) mass is 349 g/mol. The molecule has 1 heterocycles. The van der Waals surface area contributed by atoms with E-state index in [1.807, 2.05) is 36.4 Å². The summed E-state index contributed by atoms with van der Waals surface area (Å²) in [7, 11) is 0. The first-order valence-corrected chi connectivity index (χ1v) is 8.34. The van der Waals surface area contributed by atoms with Crippen molar-refractivity contribution in [3.8, 4) is 5.75 Å². The van der Waals surface area contributed by atoms with Crippen LogP contribution >= 0.6 is 23.2 Å². The van der Waals surface area contributed by atoms with Crippen molar-refractivity contribution in [3.63, 3.8) is 0 Å². The Balaban J connectivity index is 1.61. The lowest BCUT2D eigenvalue weighted by Gasteiger charge is -2.26. The quantitative estimate of drug-likeness (QED) is 0.878. The van der Waals surface area contributed by atoms with Crippen LogP contribution in [0.4, 0.5) is 0 Å². The van der Waals surface area contributed by atoms with Crippen LogP contribution in [0.25, 0.3) is 0 Å². The number of ether oxygens (including phenoxy) is 1. The van der Waals surface area contributed by atoms with Crippen molar-refractivity contribution in [2.24, 2.45) is 0 Å². The van der Waals surface area contributed by atoms with Gasteiger partial charge in [-0.1, -0.05) is 53.5 Å². The molecule has 2 aromatic carbocycles. The van der Waals surface area contributed by atoms with Crippen LogP contribution in [-0.4, -0.2) is 12.5 Å². The van der Waals surface area contributed by atoms with E-state index in [0.29, 0.717) is 29.5 Å². The van der Waals surface area contributed by atoms with Crippen LogP contribution in [0.5, 0.6) is 5.75 Å². The molecule has 0 spiro atoms. The van der Waals surface area contributed by atoms with Crippen LogP contribution < -0.4 is 10.1 Å². The Morgan fingerprint density at radius 3 is 2.87 bits per heavy atom. The summed E-state index contributed by atoms with van der Waals surface area (Å²) in [5.74, 6) is 0.852. The lowest BCUT2D eigenvalue weighted by molar-refractivity contribution is -0.122. The molecule has 1 atom stereocenters. The predicted molar refractivity (Wildman–Crippen MR) is 92.2 cm³/mol. The van der Waals surface area contributed by atoms with Crippen molar-refractivity contribution >= 4 is 29.1 Å². The normalized spacial score (nSPS) is 16.3. The van der Waals surface area contributed by atoms with Gasteiger partial charge in [0.2, 0.25) is 5.91 Å². The third-order valence-electron chi connectivity index (χ3n) is 3.95. The molecular formula is C18H17Cl2NO2. The van der Waals surface area contributed by atoms with E-state index in [0.717, 1.165) is 23.3 Å². The molecule has 0 saturated carbocycles. The molecule has 3 nitrogen and oxygen atoms in total. The fourth-order valence-electron chi connectivity index (χ4n) is 2.75. The predicted octanol–water partition coefficient (Wildman–Crippen LogP) is 4.57. The standard InChI is InChI=1S/C18H17Cl2NO2/c19-14-6-3-4-12(18(14)20)8-9-17(22)21-15-10-11-23-16-7-2-1-5-13(15)16/h1-7,15H,8-11H2,(H,21,22). The van der Waals surface area contributed by atoms with E-state index in [4.69, 9.17) is 27.9 Å². The maximum Gasteiger partial charge on any atom is 0.220 e. The molecule has 1 aliphatic heterocycles. The molecule has 1 amide bonds. The van der Waals surface area contributed by atoms with Crippen LogP contribution in [0, 0.1) is 0 Å². The van der Waals surface area contributed by atoms with Crippen molar-refractivity contribution in [2.45, 2.75) is 25.3 Å². The van der Waals surface area contributed by atoms with E-state index in [-0.39, 0.29) is 11.9 Å². The van der Waals surface area contributed by atoms with E-state index in [9.17, 15) is 4.79 Å². The molecule has 1 aliphatic rings. The van der Waals surface area contributed by atoms with Gasteiger partial charge in [-0.15, -0.1) is 0 Å². The number of halogens is 2. The second kappa shape index (κ2) is 7.24. The van der Waals surface area contributed by atoms with Crippen LogP contribution in [0.15, 0.2) is 42.5 Å². The third kappa shape index (κ3) is 3.80. The topological polar surface area (TPSA) is 38.3 Å². The fraction of sp³-hybridized carbons (Fsp3) is 0.278. The molecule has 0 aliphatic carbocycles. The molecule has 0 fully saturated rings. The first kappa shape index (κ1) is 16.2. The zero-order valence-corrected chi connectivity index (χ0v) is 14.0. The van der Waals surface area contributed by atoms with Gasteiger partial charge in [-0.05, 0) is 24.1 Å². The van der Waals surface area contributed by atoms with Gasteiger partial charge < -0.3 is 10.1 Å². The molecule has 2 aromatic rings. The second-order valence-corrected chi connectivity index (χ2v) is 6.29. The summed E-state index contributed by atoms with van der Waals surface area (Å²) in [6.45, 7) is 0.613. The van der Waals surface area contributed by atoms with Crippen molar-refractivity contribution in [3.05, 3.63) is 63.6 Å². The highest BCUT2D eigenvalue weighted by Gasteiger charge is 2.22. The lowest BCUT2D eigenvalue weighted by Crippen LogP contribution is -2.32. The number of hydrogen-bond acceptors (Lipinski definition) is 2. The van der Waals surface area contributed by atoms with Gasteiger partial charge in [0.15, 0.2) is 0 Å². The average molecular weight is 350 g/mol. The minimum Gasteiger partial charge on any atom is -0.493 e. The summed E-state index contributed by atoms with van der Waals surface area (Å²) in [6.07, 6.45) is 1.72. The number of fused-ring (bicyclic) bond motifs is 1. The summed E-state index contributed by atoms with van der Waals surface area (Å²) < 4.78 is 5.61. The van der Waals surface area contributed by atoms with Gasteiger partial charge >= 0.3 is 0 Å². The van der Waals surface area contributed by atoms with Gasteiger partial charge in [0, 0.05) is 18.4 Å². The molecule has 1 unspecified atom stereocenters. The molecule has 23 heavy (non-hydrogen) atoms. The number of hydrogen-bond donors (Lipinski definition) is 1. The Morgan fingerprint density at radius 1 is 1.17 bits per heavy atom. The van der Waals surface area contributed by atoms with Gasteiger partial charge in [0.1, 0.15) is 5.75 Å². The second-order valence-electron chi connectivity index (χ2n) is 5.51. The Morgan fingerprint density at radius 2 is 2.00 bits per heavy atom. The van der Waals surface area contributed by atoms with E-state index >= 15 is 0 Å². The molecule has 3 rings (SSSR count). The molecular weight excluding hydrogens is 333 g/mol. The van der Waals surface area contributed by atoms with Gasteiger partial charge in [-0.25, -0.2) is 0 Å². The summed E-state index contributed by atoms with van der Waals surface area (Å²) in [6, 6.07) is 13.3. The highest BCUT2D eigenvalue weighted by atomic mass is 35.5.